The topological polar surface area (TPSA) is 179 Å². The molecule has 0 aliphatic heterocycles. The second-order valence-corrected chi connectivity index (χ2v) is 34.9. The van der Waals surface area contributed by atoms with Gasteiger partial charge in [-0.2, -0.15) is 0 Å². The Bertz CT molecular complexity index is 7150. The Kier molecular flexibility index (Phi) is 30.3. The normalized spacial score (nSPS) is 10.9. The van der Waals surface area contributed by atoms with Crippen LogP contribution >= 0.6 is 106 Å². The Morgan fingerprint density at radius 1 is 0.224 bits per heavy atom. The van der Waals surface area contributed by atoms with Gasteiger partial charge in [-0.05, 0) is 154 Å². The van der Waals surface area contributed by atoms with Crippen molar-refractivity contribution >= 4 is 162 Å². The number of aromatic nitrogens is 12. The van der Waals surface area contributed by atoms with Gasteiger partial charge in [-0.15, -0.1) is 0 Å². The minimum Gasteiger partial charge on any atom is -0.423 e. The third kappa shape index (κ3) is 22.9. The van der Waals surface area contributed by atoms with Gasteiger partial charge in [0.2, 0.25) is 27.7 Å². The molecule has 0 fully saturated rings. The van der Waals surface area contributed by atoms with Crippen molar-refractivity contribution in [1.82, 2.24) is 59.0 Å². The van der Waals surface area contributed by atoms with Crippen LogP contribution in [0.5, 0.6) is 0 Å². The van der Waals surface area contributed by atoms with Gasteiger partial charge >= 0.3 is 7.12 Å². The van der Waals surface area contributed by atoms with E-state index in [4.69, 9.17) is 88.0 Å². The highest BCUT2D eigenvalue weighted by atomic mass is 79.9. The molecule has 7 aromatic heterocycles. The fraction of sp³-hybridized carbons (Fsp3) is 0.00901. The summed E-state index contributed by atoms with van der Waals surface area (Å²) in [6.45, 7) is 0. The zero-order valence-electron chi connectivity index (χ0n) is 71.1. The fourth-order valence-electron chi connectivity index (χ4n) is 15.4. The number of fused-ring (bicyclic) bond motifs is 9. The lowest BCUT2D eigenvalue weighted by Crippen LogP contribution is -2.29. The molecule has 0 radical (unpaired) electrons. The van der Waals surface area contributed by atoms with E-state index < -0.39 is 7.12 Å². The molecule has 22 aromatic rings. The van der Waals surface area contributed by atoms with Crippen molar-refractivity contribution in [1.29, 1.82) is 0 Å². The number of para-hydroxylation sites is 2. The summed E-state index contributed by atoms with van der Waals surface area (Å²) in [6.07, 6.45) is 1.08. The van der Waals surface area contributed by atoms with Crippen LogP contribution in [0.15, 0.2) is 444 Å². The molecule has 0 saturated carbocycles. The predicted molar refractivity (Wildman–Crippen MR) is 561 cm³/mol. The minimum atomic E-state index is -1.34. The summed E-state index contributed by atoms with van der Waals surface area (Å²) in [4.78, 5) is 44.4. The first-order chi connectivity index (χ1) is 65.5. The molecule has 1 aliphatic carbocycles. The van der Waals surface area contributed by atoms with Crippen LogP contribution in [0.25, 0.3) is 157 Å². The first-order valence-electron chi connectivity index (χ1n) is 42.4. The van der Waals surface area contributed by atoms with E-state index in [0.29, 0.717) is 17.4 Å². The molecule has 650 valence electrons. The highest BCUT2D eigenvalue weighted by molar-refractivity contribution is 9.11. The first-order valence-corrected chi connectivity index (χ1v) is 46.6. The fourth-order valence-corrected chi connectivity index (χ4v) is 17.5. The highest BCUT2D eigenvalue weighted by Gasteiger charge is 2.22. The Morgan fingerprint density at radius 3 is 0.791 bits per heavy atom. The van der Waals surface area contributed by atoms with Crippen LogP contribution in [0.4, 0.5) is 0 Å². The standard InChI is InChI=1S/2C28H18BrN3.2C16H11ClN2.C13H9Br.C6H7BO2.C4HCl3N2/c2*29-21-15-16-27-23(17-21)22-13-7-8-14-26(22)32(27)28-30-24(19-9-3-1-4-10-19)18-25(31-28)20-11-5-2-6-12-20;2*17-16-18-14(12-7-3-1-4-8-12)11-15(19-16)13-9-5-2-6-10-13;14-11-6-5-10-7-9-3-1-2-4-12(9)13(10)8-11;8-7(9)6-4-2-1-3-5-6;5-2-1-3(6)9-4(7)8-2/h2*1-18H;2*1-11H;1-6,8H,7H2;1-5,8-9H;1H. The largest absolute Gasteiger partial charge is 0.488 e. The summed E-state index contributed by atoms with van der Waals surface area (Å²) in [6, 6.07) is 144. The lowest BCUT2D eigenvalue weighted by Gasteiger charge is -2.11. The molecule has 0 unspecified atom stereocenters. The van der Waals surface area contributed by atoms with Gasteiger partial charge in [-0.1, -0.05) is 411 Å². The van der Waals surface area contributed by atoms with Gasteiger partial charge in [0.15, 0.2) is 0 Å². The molecule has 2 N–H and O–H groups in total. The molecule has 7 heterocycles. The zero-order chi connectivity index (χ0) is 92.2. The predicted octanol–water partition coefficient (Wildman–Crippen LogP) is 30.1. The summed E-state index contributed by atoms with van der Waals surface area (Å²) < 4.78 is 7.59. The van der Waals surface area contributed by atoms with Crippen LogP contribution in [0.3, 0.4) is 0 Å². The number of rotatable bonds is 11. The van der Waals surface area contributed by atoms with Crippen molar-refractivity contribution in [2.45, 2.75) is 6.42 Å². The van der Waals surface area contributed by atoms with Crippen molar-refractivity contribution in [3.63, 3.8) is 0 Å². The van der Waals surface area contributed by atoms with Gasteiger partial charge in [0.05, 0.1) is 67.6 Å². The van der Waals surface area contributed by atoms with E-state index in [2.05, 4.69) is 275 Å². The van der Waals surface area contributed by atoms with Gasteiger partial charge in [0.1, 0.15) is 10.3 Å². The quantitative estimate of drug-likeness (QED) is 0.0712. The zero-order valence-corrected chi connectivity index (χ0v) is 79.6. The van der Waals surface area contributed by atoms with E-state index in [1.165, 1.54) is 49.9 Å². The molecule has 0 bridgehead atoms. The van der Waals surface area contributed by atoms with E-state index >= 15 is 0 Å². The molecule has 0 saturated heterocycles. The lowest BCUT2D eigenvalue weighted by atomic mass is 9.81. The second kappa shape index (κ2) is 44.1. The monoisotopic (exact) mass is 2030 g/mol. The minimum absolute atomic E-state index is 0.0625. The molecule has 0 atom stereocenters. The van der Waals surface area contributed by atoms with Crippen molar-refractivity contribution in [3.8, 4) is 113 Å². The van der Waals surface area contributed by atoms with Crippen LogP contribution in [-0.2, 0) is 6.42 Å². The molecular weight excluding hydrogens is 1960 g/mol. The second-order valence-electron chi connectivity index (χ2n) is 30.4. The van der Waals surface area contributed by atoms with Gasteiger partial charge in [-0.3, -0.25) is 9.13 Å². The third-order valence-corrected chi connectivity index (χ3v) is 23.9. The van der Waals surface area contributed by atoms with Crippen molar-refractivity contribution in [3.05, 3.63) is 481 Å². The Hall–Kier alpha value is -13.8. The van der Waals surface area contributed by atoms with Crippen LogP contribution < -0.4 is 5.46 Å². The summed E-state index contributed by atoms with van der Waals surface area (Å²) in [5.74, 6) is 1.33. The van der Waals surface area contributed by atoms with Crippen LogP contribution in [0, 0.1) is 0 Å². The van der Waals surface area contributed by atoms with Crippen LogP contribution in [0.2, 0.25) is 26.2 Å². The van der Waals surface area contributed by atoms with Gasteiger partial charge in [-0.25, -0.2) is 49.8 Å². The Morgan fingerprint density at radius 2 is 0.478 bits per heavy atom. The average molecular weight is 2040 g/mol. The van der Waals surface area contributed by atoms with Crippen molar-refractivity contribution in [2.24, 2.45) is 0 Å². The highest BCUT2D eigenvalue weighted by Crippen LogP contribution is 2.41. The Balaban J connectivity index is 0.000000114. The average Bonchev–Trinajstić information content (AvgIpc) is 1.59. The molecular formula is C111H75BBr3Cl5N12O2. The maximum atomic E-state index is 8.58. The summed E-state index contributed by atoms with van der Waals surface area (Å²) >= 11 is 39.0. The van der Waals surface area contributed by atoms with Gasteiger partial charge in [0, 0.05) is 85.5 Å². The molecule has 23 rings (SSSR count). The van der Waals surface area contributed by atoms with Crippen LogP contribution in [0.1, 0.15) is 11.1 Å². The van der Waals surface area contributed by atoms with E-state index in [1.54, 1.807) is 24.3 Å². The van der Waals surface area contributed by atoms with E-state index in [9.17, 15) is 0 Å². The molecule has 134 heavy (non-hydrogen) atoms. The summed E-state index contributed by atoms with van der Waals surface area (Å²) in [5, 5.41) is 23.0. The third-order valence-electron chi connectivity index (χ3n) is 21.5. The van der Waals surface area contributed by atoms with E-state index in [-0.39, 0.29) is 26.2 Å². The molecule has 1 aliphatic rings. The first kappa shape index (κ1) is 92.0. The van der Waals surface area contributed by atoms with E-state index in [0.717, 1.165) is 132 Å². The van der Waals surface area contributed by atoms with Gasteiger partial charge in [0.25, 0.3) is 0 Å². The molecule has 15 aromatic carbocycles. The number of benzene rings is 15. The smallest absolute Gasteiger partial charge is 0.423 e. The molecule has 0 spiro atoms. The maximum Gasteiger partial charge on any atom is 0.488 e. The number of nitrogens with zero attached hydrogens (tertiary/aromatic N) is 12. The number of hydrogen-bond donors (Lipinski definition) is 2. The van der Waals surface area contributed by atoms with Crippen LogP contribution in [-0.4, -0.2) is 76.1 Å². The van der Waals surface area contributed by atoms with E-state index in [1.807, 2.05) is 212 Å². The SMILES string of the molecule is Brc1ccc2c(c1)-c1ccccc1C2.Brc1ccc2c(c1)c1ccccc1n2-c1nc(-c2ccccc2)cc(-c2ccccc2)n1.Brc1ccc2c(c1)c1ccccc1n2-c1nc(-c2ccccc2)cc(-c2ccccc2)n1.Clc1cc(Cl)nc(Cl)n1.Clc1nc(-c2ccccc2)cc(-c2ccccc2)n1.Clc1nc(-c2ccccc2)cc(-c2ccccc2)n1.OB(O)c1ccccc1. The maximum absolute atomic E-state index is 8.58. The number of hydrogen-bond acceptors (Lipinski definition) is 12. The summed E-state index contributed by atoms with van der Waals surface area (Å²) in [5.41, 5.74) is 25.9. The molecule has 23 heteroatoms. The number of halogens is 8. The molecule has 0 amide bonds. The van der Waals surface area contributed by atoms with Crippen molar-refractivity contribution in [2.75, 3.05) is 0 Å². The van der Waals surface area contributed by atoms with Gasteiger partial charge < -0.3 is 10.0 Å². The molecule has 14 nitrogen and oxygen atoms in total. The summed E-state index contributed by atoms with van der Waals surface area (Å²) in [7, 11) is -1.34. The Labute approximate surface area is 824 Å². The van der Waals surface area contributed by atoms with Crippen molar-refractivity contribution < 1.29 is 10.0 Å². The lowest BCUT2D eigenvalue weighted by molar-refractivity contribution is 0.426.